The van der Waals surface area contributed by atoms with Gasteiger partial charge in [-0.3, -0.25) is 0 Å². The molecule has 0 heterocycles. The number of carbonyl (C=O) groups is 1. The van der Waals surface area contributed by atoms with Crippen LogP contribution in [0.15, 0.2) is 12.1 Å². The maximum atomic E-state index is 12.3. The van der Waals surface area contributed by atoms with Crippen LogP contribution in [-0.4, -0.2) is 22.8 Å². The molecule has 0 atom stereocenters. The maximum Gasteiger partial charge on any atom is 0.367 e. The van der Waals surface area contributed by atoms with Crippen molar-refractivity contribution in [3.8, 4) is 5.75 Å². The van der Waals surface area contributed by atoms with E-state index in [2.05, 4.69) is 74.4 Å². The topological polar surface area (TPSA) is 46.5 Å². The summed E-state index contributed by atoms with van der Waals surface area (Å²) in [5.41, 5.74) is 2.65. The van der Waals surface area contributed by atoms with E-state index in [0.717, 1.165) is 29.7 Å². The second-order valence-electron chi connectivity index (χ2n) is 13.4. The van der Waals surface area contributed by atoms with Gasteiger partial charge in [0.15, 0.2) is 0 Å². The number of thioether (sulfide) groups is 1. The Bertz CT molecular complexity index is 749. The number of carbonyl (C=O) groups excluding carboxylic acids is 1. The smallest absolute Gasteiger partial charge is 0.367 e. The summed E-state index contributed by atoms with van der Waals surface area (Å²) in [5.74, 6) is 1.25. The third-order valence-electron chi connectivity index (χ3n) is 6.77. The van der Waals surface area contributed by atoms with Gasteiger partial charge in [-0.1, -0.05) is 132 Å². The second-order valence-corrected chi connectivity index (χ2v) is 14.5. The van der Waals surface area contributed by atoms with Crippen molar-refractivity contribution in [2.75, 3.05) is 12.4 Å². The largest absolute Gasteiger partial charge is 0.507 e. The summed E-state index contributed by atoms with van der Waals surface area (Å²) >= 11 is 1.32. The minimum absolute atomic E-state index is 0.151. The van der Waals surface area contributed by atoms with Crippen LogP contribution in [0, 0.1) is 5.41 Å². The molecular weight excluding hydrogens is 464 g/mol. The summed E-state index contributed by atoms with van der Waals surface area (Å²) in [6.45, 7) is 19.8. The van der Waals surface area contributed by atoms with Gasteiger partial charge < -0.3 is 9.84 Å². The molecule has 3 nitrogen and oxygen atoms in total. The van der Waals surface area contributed by atoms with Crippen molar-refractivity contribution in [3.63, 3.8) is 0 Å². The molecule has 0 fully saturated rings. The zero-order chi connectivity index (χ0) is 27.4. The van der Waals surface area contributed by atoms with Crippen molar-refractivity contribution in [3.05, 3.63) is 28.8 Å². The van der Waals surface area contributed by atoms with Gasteiger partial charge in [-0.2, -0.15) is 0 Å². The lowest BCUT2D eigenvalue weighted by Gasteiger charge is -2.30. The zero-order valence-corrected chi connectivity index (χ0v) is 25.8. The molecule has 1 aromatic carbocycles. The van der Waals surface area contributed by atoms with E-state index in [0.29, 0.717) is 12.4 Å². The molecule has 0 unspecified atom stereocenters. The third kappa shape index (κ3) is 12.9. The molecule has 0 bridgehead atoms. The first-order valence-corrected chi connectivity index (χ1v) is 15.3. The monoisotopic (exact) mass is 520 g/mol. The molecule has 0 aliphatic carbocycles. The Labute approximate surface area is 227 Å². The normalized spacial score (nSPS) is 12.7. The van der Waals surface area contributed by atoms with Crippen molar-refractivity contribution in [1.29, 1.82) is 0 Å². The molecule has 36 heavy (non-hydrogen) atoms. The summed E-state index contributed by atoms with van der Waals surface area (Å²) in [7, 11) is 0. The van der Waals surface area contributed by atoms with Crippen molar-refractivity contribution >= 4 is 17.1 Å². The van der Waals surface area contributed by atoms with Crippen LogP contribution in [0.3, 0.4) is 0 Å². The number of hydrogen-bond donors (Lipinski definition) is 1. The molecule has 0 saturated heterocycles. The number of rotatable bonds is 15. The number of unbranched alkanes of at least 4 members (excludes halogenated alkanes) is 9. The van der Waals surface area contributed by atoms with Crippen LogP contribution in [0.2, 0.25) is 0 Å². The molecule has 4 heteroatoms. The highest BCUT2D eigenvalue weighted by Crippen LogP contribution is 2.41. The lowest BCUT2D eigenvalue weighted by molar-refractivity contribution is 0.120. The highest BCUT2D eigenvalue weighted by Gasteiger charge is 2.28. The minimum atomic E-state index is -0.186. The highest BCUT2D eigenvalue weighted by molar-refractivity contribution is 8.13. The fourth-order valence-corrected chi connectivity index (χ4v) is 5.24. The van der Waals surface area contributed by atoms with E-state index in [4.69, 9.17) is 4.74 Å². The number of phenolic OH excluding ortho intramolecular Hbond substituents is 1. The average molecular weight is 521 g/mol. The first-order chi connectivity index (χ1) is 16.7. The maximum absolute atomic E-state index is 12.3. The molecule has 0 amide bonds. The second kappa shape index (κ2) is 15.3. The molecular formula is C32H56O3S. The Morgan fingerprint density at radius 1 is 0.778 bits per heavy atom. The van der Waals surface area contributed by atoms with Gasteiger partial charge in [-0.25, -0.2) is 4.79 Å². The van der Waals surface area contributed by atoms with Gasteiger partial charge in [0.2, 0.25) is 0 Å². The third-order valence-corrected chi connectivity index (χ3v) is 7.61. The van der Waals surface area contributed by atoms with E-state index in [1.54, 1.807) is 0 Å². The van der Waals surface area contributed by atoms with Gasteiger partial charge >= 0.3 is 5.30 Å². The van der Waals surface area contributed by atoms with E-state index in [1.165, 1.54) is 75.1 Å². The van der Waals surface area contributed by atoms with E-state index < -0.39 is 0 Å². The standard InChI is InChI=1S/C32H56O3S/c1-10-11-12-13-14-15-16-17-18-19-20-36-29(34)35-24-32(8,9)23-25-21-26(30(2,3)4)28(33)27(22-25)31(5,6)7/h21-22,33H,10-20,23-24H2,1-9H3. The Morgan fingerprint density at radius 2 is 1.22 bits per heavy atom. The van der Waals surface area contributed by atoms with Crippen LogP contribution in [-0.2, 0) is 22.0 Å². The fourth-order valence-electron chi connectivity index (χ4n) is 4.58. The number of ether oxygens (including phenoxy) is 1. The van der Waals surface area contributed by atoms with E-state index in [1.807, 2.05) is 0 Å². The Balaban J connectivity index is 2.47. The lowest BCUT2D eigenvalue weighted by atomic mass is 9.76. The van der Waals surface area contributed by atoms with Gasteiger partial charge in [0.25, 0.3) is 0 Å². The molecule has 1 rings (SSSR count). The Kier molecular flexibility index (Phi) is 14.0. The van der Waals surface area contributed by atoms with Gasteiger partial charge in [-0.05, 0) is 52.1 Å². The van der Waals surface area contributed by atoms with E-state index in [9.17, 15) is 9.90 Å². The highest BCUT2D eigenvalue weighted by atomic mass is 32.2. The molecule has 0 aliphatic heterocycles. The summed E-state index contributed by atoms with van der Waals surface area (Å²) in [4.78, 5) is 12.3. The number of hydrogen-bond acceptors (Lipinski definition) is 4. The molecule has 0 aromatic heterocycles. The van der Waals surface area contributed by atoms with Crippen LogP contribution in [0.25, 0.3) is 0 Å². The fraction of sp³-hybridized carbons (Fsp3) is 0.781. The molecule has 0 radical (unpaired) electrons. The number of benzene rings is 1. The van der Waals surface area contributed by atoms with E-state index in [-0.39, 0.29) is 21.5 Å². The number of phenols is 1. The van der Waals surface area contributed by atoms with Gasteiger partial charge in [0, 0.05) is 11.2 Å². The predicted octanol–water partition coefficient (Wildman–Crippen LogP) is 10.3. The molecule has 0 aliphatic rings. The molecule has 1 N–H and O–H groups in total. The van der Waals surface area contributed by atoms with Crippen molar-refractivity contribution in [2.24, 2.45) is 5.41 Å². The zero-order valence-electron chi connectivity index (χ0n) is 25.0. The first-order valence-electron chi connectivity index (χ1n) is 14.3. The van der Waals surface area contributed by atoms with Crippen LogP contribution < -0.4 is 0 Å². The number of aromatic hydroxyl groups is 1. The van der Waals surface area contributed by atoms with Crippen LogP contribution in [0.1, 0.15) is 143 Å². The minimum Gasteiger partial charge on any atom is -0.507 e. The molecule has 0 spiro atoms. The van der Waals surface area contributed by atoms with Crippen LogP contribution in [0.4, 0.5) is 4.79 Å². The molecule has 208 valence electrons. The molecule has 0 saturated carbocycles. The Morgan fingerprint density at radius 3 is 1.67 bits per heavy atom. The summed E-state index contributed by atoms with van der Waals surface area (Å²) in [5, 5.41) is 10.8. The Hall–Kier alpha value is -1.16. The van der Waals surface area contributed by atoms with Crippen LogP contribution >= 0.6 is 11.8 Å². The summed E-state index contributed by atoms with van der Waals surface area (Å²) < 4.78 is 5.66. The van der Waals surface area contributed by atoms with Crippen molar-refractivity contribution < 1.29 is 14.6 Å². The molecule has 1 aromatic rings. The first kappa shape index (κ1) is 32.9. The van der Waals surface area contributed by atoms with E-state index >= 15 is 0 Å². The lowest BCUT2D eigenvalue weighted by Crippen LogP contribution is -2.25. The van der Waals surface area contributed by atoms with Gasteiger partial charge in [-0.15, -0.1) is 0 Å². The van der Waals surface area contributed by atoms with Gasteiger partial charge in [0.1, 0.15) is 5.75 Å². The van der Waals surface area contributed by atoms with Crippen molar-refractivity contribution in [1.82, 2.24) is 0 Å². The predicted molar refractivity (Wildman–Crippen MR) is 159 cm³/mol. The van der Waals surface area contributed by atoms with Crippen molar-refractivity contribution in [2.45, 2.75) is 144 Å². The quantitative estimate of drug-likeness (QED) is 0.184. The summed E-state index contributed by atoms with van der Waals surface area (Å²) in [6.07, 6.45) is 13.8. The average Bonchev–Trinajstić information content (AvgIpc) is 2.75. The summed E-state index contributed by atoms with van der Waals surface area (Å²) in [6, 6.07) is 4.27. The van der Waals surface area contributed by atoms with Crippen LogP contribution in [0.5, 0.6) is 5.75 Å². The van der Waals surface area contributed by atoms with Gasteiger partial charge in [0.05, 0.1) is 6.61 Å². The SMILES string of the molecule is CCCCCCCCCCCCSC(=O)OCC(C)(C)Cc1cc(C(C)(C)C)c(O)c(C(C)(C)C)c1.